The summed E-state index contributed by atoms with van der Waals surface area (Å²) in [7, 11) is 0. The first-order valence-corrected chi connectivity index (χ1v) is 7.31. The van der Waals surface area contributed by atoms with E-state index >= 15 is 0 Å². The lowest BCUT2D eigenvalue weighted by Gasteiger charge is -2.24. The second-order valence-corrected chi connectivity index (χ2v) is 6.06. The van der Waals surface area contributed by atoms with E-state index in [4.69, 9.17) is 5.11 Å². The molecule has 2 aliphatic carbocycles. The number of rotatable bonds is 7. The first-order chi connectivity index (χ1) is 10.0. The van der Waals surface area contributed by atoms with Gasteiger partial charge in [0.25, 0.3) is 5.69 Å². The Labute approximate surface area is 122 Å². The molecular formula is C15H18N2O4. The Kier molecular flexibility index (Phi) is 3.53. The van der Waals surface area contributed by atoms with Crippen LogP contribution in [0.4, 0.5) is 11.4 Å². The average Bonchev–Trinajstić information content (AvgIpc) is 3.32. The van der Waals surface area contributed by atoms with Gasteiger partial charge in [-0.25, -0.2) is 4.79 Å². The summed E-state index contributed by atoms with van der Waals surface area (Å²) in [5, 5.41) is 20.3. The first kappa shape index (κ1) is 13.9. The maximum Gasteiger partial charge on any atom is 0.335 e. The van der Waals surface area contributed by atoms with Gasteiger partial charge < -0.3 is 10.0 Å². The second kappa shape index (κ2) is 5.35. The molecule has 0 aliphatic heterocycles. The van der Waals surface area contributed by atoms with Gasteiger partial charge in [0.2, 0.25) is 0 Å². The molecule has 2 fully saturated rings. The number of hydrogen-bond donors (Lipinski definition) is 1. The van der Waals surface area contributed by atoms with Gasteiger partial charge in [0.1, 0.15) is 5.69 Å². The Bertz CT molecular complexity index is 565. The minimum atomic E-state index is -1.14. The monoisotopic (exact) mass is 290 g/mol. The number of anilines is 1. The van der Waals surface area contributed by atoms with Crippen LogP contribution in [0.5, 0.6) is 0 Å². The Balaban J connectivity index is 1.91. The number of carbonyl (C=O) groups is 1. The van der Waals surface area contributed by atoms with Crippen molar-refractivity contribution in [3.63, 3.8) is 0 Å². The smallest absolute Gasteiger partial charge is 0.335 e. The summed E-state index contributed by atoms with van der Waals surface area (Å²) >= 11 is 0. The molecule has 0 amide bonds. The van der Waals surface area contributed by atoms with Crippen molar-refractivity contribution < 1.29 is 14.8 Å². The van der Waals surface area contributed by atoms with Crippen LogP contribution in [0.25, 0.3) is 0 Å². The van der Waals surface area contributed by atoms with Crippen LogP contribution in [0, 0.1) is 22.0 Å². The Hall–Kier alpha value is -2.11. The fraction of sp³-hybridized carbons (Fsp3) is 0.533. The third-order valence-electron chi connectivity index (χ3n) is 4.11. The maximum atomic E-state index is 11.3. The third-order valence-corrected chi connectivity index (χ3v) is 4.11. The number of benzene rings is 1. The van der Waals surface area contributed by atoms with Crippen molar-refractivity contribution in [1.82, 2.24) is 0 Å². The molecule has 1 aromatic rings. The van der Waals surface area contributed by atoms with Gasteiger partial charge in [-0.15, -0.1) is 0 Å². The van der Waals surface area contributed by atoms with Gasteiger partial charge in [0.05, 0.1) is 10.5 Å². The number of nitro groups is 1. The van der Waals surface area contributed by atoms with E-state index < -0.39 is 10.9 Å². The van der Waals surface area contributed by atoms with Crippen LogP contribution < -0.4 is 4.90 Å². The van der Waals surface area contributed by atoms with E-state index in [-0.39, 0.29) is 11.3 Å². The quantitative estimate of drug-likeness (QED) is 0.616. The molecule has 0 unspecified atom stereocenters. The van der Waals surface area contributed by atoms with E-state index in [2.05, 4.69) is 4.90 Å². The molecule has 0 aromatic heterocycles. The van der Waals surface area contributed by atoms with Crippen molar-refractivity contribution in [3.8, 4) is 0 Å². The van der Waals surface area contributed by atoms with Crippen LogP contribution in [0.15, 0.2) is 18.2 Å². The normalized spacial score (nSPS) is 17.5. The van der Waals surface area contributed by atoms with E-state index in [9.17, 15) is 14.9 Å². The standard InChI is InChI=1S/C15H18N2O4/c18-15(19)12-5-6-13(14(7-12)17(20)21)16(8-10-1-2-10)9-11-3-4-11/h5-7,10-11H,1-4,8-9H2,(H,18,19). The number of carboxylic acids is 1. The van der Waals surface area contributed by atoms with Crippen LogP contribution in [0.1, 0.15) is 36.0 Å². The van der Waals surface area contributed by atoms with Gasteiger partial charge in [-0.2, -0.15) is 0 Å². The Morgan fingerprint density at radius 3 is 2.24 bits per heavy atom. The number of carboxylic acid groups (broad SMARTS) is 1. The van der Waals surface area contributed by atoms with Crippen LogP contribution in [0.3, 0.4) is 0 Å². The predicted octanol–water partition coefficient (Wildman–Crippen LogP) is 2.92. The van der Waals surface area contributed by atoms with E-state index in [1.54, 1.807) is 6.07 Å². The van der Waals surface area contributed by atoms with Crippen LogP contribution in [-0.2, 0) is 0 Å². The molecule has 0 spiro atoms. The van der Waals surface area contributed by atoms with Gasteiger partial charge in [0, 0.05) is 19.2 Å². The fourth-order valence-electron chi connectivity index (χ4n) is 2.57. The van der Waals surface area contributed by atoms with Crippen molar-refractivity contribution in [2.75, 3.05) is 18.0 Å². The molecule has 2 aliphatic rings. The minimum absolute atomic E-state index is 0.0387. The van der Waals surface area contributed by atoms with Crippen molar-refractivity contribution in [3.05, 3.63) is 33.9 Å². The molecule has 1 aromatic carbocycles. The van der Waals surface area contributed by atoms with Crippen molar-refractivity contribution in [2.24, 2.45) is 11.8 Å². The maximum absolute atomic E-state index is 11.3. The topological polar surface area (TPSA) is 83.7 Å². The zero-order valence-electron chi connectivity index (χ0n) is 11.7. The molecule has 0 heterocycles. The van der Waals surface area contributed by atoms with Crippen LogP contribution >= 0.6 is 0 Å². The molecule has 0 radical (unpaired) electrons. The summed E-state index contributed by atoms with van der Waals surface area (Å²) in [5.74, 6) is 0.116. The van der Waals surface area contributed by atoms with Gasteiger partial charge >= 0.3 is 5.97 Å². The number of nitrogens with zero attached hydrogens (tertiary/aromatic N) is 2. The molecule has 21 heavy (non-hydrogen) atoms. The van der Waals surface area contributed by atoms with Crippen molar-refractivity contribution >= 4 is 17.3 Å². The minimum Gasteiger partial charge on any atom is -0.478 e. The highest BCUT2D eigenvalue weighted by molar-refractivity contribution is 5.89. The van der Waals surface area contributed by atoms with Gasteiger partial charge in [-0.1, -0.05) is 0 Å². The molecule has 0 bridgehead atoms. The fourth-order valence-corrected chi connectivity index (χ4v) is 2.57. The largest absolute Gasteiger partial charge is 0.478 e. The molecule has 0 saturated heterocycles. The first-order valence-electron chi connectivity index (χ1n) is 7.31. The molecular weight excluding hydrogens is 272 g/mol. The summed E-state index contributed by atoms with van der Waals surface area (Å²) < 4.78 is 0. The van der Waals surface area contributed by atoms with Crippen molar-refractivity contribution in [1.29, 1.82) is 0 Å². The Morgan fingerprint density at radius 2 is 1.81 bits per heavy atom. The molecule has 112 valence electrons. The van der Waals surface area contributed by atoms with Crippen LogP contribution in [-0.4, -0.2) is 29.1 Å². The lowest BCUT2D eigenvalue weighted by Crippen LogP contribution is -2.28. The third kappa shape index (κ3) is 3.32. The lowest BCUT2D eigenvalue weighted by atomic mass is 10.1. The lowest BCUT2D eigenvalue weighted by molar-refractivity contribution is -0.384. The number of hydrogen-bond acceptors (Lipinski definition) is 4. The number of aromatic carboxylic acids is 1. The summed E-state index contributed by atoms with van der Waals surface area (Å²) in [5.41, 5.74) is 0.420. The van der Waals surface area contributed by atoms with E-state index in [0.29, 0.717) is 17.5 Å². The van der Waals surface area contributed by atoms with E-state index in [1.807, 2.05) is 0 Å². The highest BCUT2D eigenvalue weighted by Crippen LogP contribution is 2.38. The summed E-state index contributed by atoms with van der Waals surface area (Å²) in [4.78, 5) is 23.9. The summed E-state index contributed by atoms with van der Waals surface area (Å²) in [6.45, 7) is 1.67. The molecule has 1 N–H and O–H groups in total. The zero-order valence-corrected chi connectivity index (χ0v) is 11.7. The van der Waals surface area contributed by atoms with Gasteiger partial charge in [-0.3, -0.25) is 10.1 Å². The highest BCUT2D eigenvalue weighted by Gasteiger charge is 2.32. The summed E-state index contributed by atoms with van der Waals surface area (Å²) in [6.07, 6.45) is 4.73. The predicted molar refractivity (Wildman–Crippen MR) is 77.7 cm³/mol. The highest BCUT2D eigenvalue weighted by atomic mass is 16.6. The van der Waals surface area contributed by atoms with Crippen LogP contribution in [0.2, 0.25) is 0 Å². The zero-order chi connectivity index (χ0) is 15.0. The van der Waals surface area contributed by atoms with E-state index in [1.165, 1.54) is 37.8 Å². The molecule has 6 heteroatoms. The van der Waals surface area contributed by atoms with E-state index in [0.717, 1.165) is 13.1 Å². The second-order valence-electron chi connectivity index (χ2n) is 6.06. The number of nitro benzene ring substituents is 1. The van der Waals surface area contributed by atoms with Gasteiger partial charge in [0.15, 0.2) is 0 Å². The summed E-state index contributed by atoms with van der Waals surface area (Å²) in [6, 6.07) is 4.22. The molecule has 3 rings (SSSR count). The van der Waals surface area contributed by atoms with Crippen molar-refractivity contribution in [2.45, 2.75) is 25.7 Å². The SMILES string of the molecule is O=C(O)c1ccc(N(CC2CC2)CC2CC2)c([N+](=O)[O-])c1. The molecule has 2 saturated carbocycles. The van der Waals surface area contributed by atoms with Gasteiger partial charge in [-0.05, 0) is 49.7 Å². The molecule has 6 nitrogen and oxygen atoms in total. The average molecular weight is 290 g/mol. The molecule has 0 atom stereocenters. The Morgan fingerprint density at radius 1 is 1.24 bits per heavy atom.